The molecule has 0 fully saturated rings. The first-order valence-electron chi connectivity index (χ1n) is 10.5. The quantitative estimate of drug-likeness (QED) is 0.154. The van der Waals surface area contributed by atoms with Gasteiger partial charge in [-0.2, -0.15) is 0 Å². The summed E-state index contributed by atoms with van der Waals surface area (Å²) < 4.78 is 2.18. The summed E-state index contributed by atoms with van der Waals surface area (Å²) in [6, 6.07) is 18.6. The van der Waals surface area contributed by atoms with Crippen LogP contribution in [-0.2, 0) is 4.79 Å². The molecule has 3 aromatic carbocycles. The topological polar surface area (TPSA) is 98.3 Å². The Hall–Kier alpha value is -3.86. The maximum absolute atomic E-state index is 13.6. The third kappa shape index (κ3) is 3.58. The van der Waals surface area contributed by atoms with Gasteiger partial charge in [-0.1, -0.05) is 24.3 Å². The molecule has 0 atom stereocenters. The van der Waals surface area contributed by atoms with Gasteiger partial charge in [0.15, 0.2) is 0 Å². The molecule has 0 spiro atoms. The fourth-order valence-electron chi connectivity index (χ4n) is 4.16. The zero-order chi connectivity index (χ0) is 24.0. The fourth-order valence-corrected chi connectivity index (χ4v) is 4.65. The number of non-ortho nitro benzene ring substituents is 1. The number of hydrogen-bond acceptors (Lipinski definition) is 5. The van der Waals surface area contributed by atoms with E-state index in [0.29, 0.717) is 28.7 Å². The molecule has 1 aromatic heterocycles. The molecule has 34 heavy (non-hydrogen) atoms. The molecule has 8 nitrogen and oxygen atoms in total. The lowest BCUT2D eigenvalue weighted by Crippen LogP contribution is -2.26. The van der Waals surface area contributed by atoms with Crippen molar-refractivity contribution in [3.63, 3.8) is 0 Å². The van der Waals surface area contributed by atoms with Crippen LogP contribution >= 0.6 is 22.6 Å². The number of carbonyl (C=O) groups is 1. The van der Waals surface area contributed by atoms with Crippen LogP contribution in [0.1, 0.15) is 18.3 Å². The summed E-state index contributed by atoms with van der Waals surface area (Å²) in [5, 5.41) is 11.8. The summed E-state index contributed by atoms with van der Waals surface area (Å²) in [6.07, 6.45) is 1.59. The van der Waals surface area contributed by atoms with Crippen molar-refractivity contribution >= 4 is 62.4 Å². The highest BCUT2D eigenvalue weighted by Crippen LogP contribution is 2.37. The highest BCUT2D eigenvalue weighted by molar-refractivity contribution is 14.1. The van der Waals surface area contributed by atoms with E-state index >= 15 is 0 Å². The van der Waals surface area contributed by atoms with Crippen LogP contribution in [-0.4, -0.2) is 26.9 Å². The highest BCUT2D eigenvalue weighted by atomic mass is 127. The predicted molar refractivity (Wildman–Crippen MR) is 139 cm³/mol. The number of anilines is 1. The van der Waals surface area contributed by atoms with Crippen LogP contribution in [0.15, 0.2) is 71.5 Å². The summed E-state index contributed by atoms with van der Waals surface area (Å²) in [7, 11) is 0. The molecular formula is C25H17IN4O4. The SMILES string of the molecule is CCN1C(=O)C(=Cc2nc3ccc(I)cc3c(=O)n2-c2cccc([N+](=O)[O-])c2)c2ccccc21. The van der Waals surface area contributed by atoms with Crippen molar-refractivity contribution in [2.45, 2.75) is 6.92 Å². The summed E-state index contributed by atoms with van der Waals surface area (Å²) in [5.41, 5.74) is 2.20. The first-order valence-corrected chi connectivity index (χ1v) is 11.6. The number of para-hydroxylation sites is 1. The molecule has 1 amide bonds. The molecule has 0 saturated carbocycles. The van der Waals surface area contributed by atoms with Crippen molar-refractivity contribution in [2.24, 2.45) is 0 Å². The van der Waals surface area contributed by atoms with Gasteiger partial charge in [-0.15, -0.1) is 0 Å². The zero-order valence-corrected chi connectivity index (χ0v) is 20.1. The molecule has 0 unspecified atom stereocenters. The van der Waals surface area contributed by atoms with Crippen molar-refractivity contribution < 1.29 is 9.72 Å². The third-order valence-electron chi connectivity index (χ3n) is 5.71. The molecule has 9 heteroatoms. The molecule has 168 valence electrons. The molecule has 5 rings (SSSR count). The van der Waals surface area contributed by atoms with E-state index in [-0.39, 0.29) is 23.0 Å². The maximum atomic E-state index is 13.6. The minimum absolute atomic E-state index is 0.148. The fraction of sp³-hybridized carbons (Fsp3) is 0.0800. The summed E-state index contributed by atoms with van der Waals surface area (Å²) in [4.78, 5) is 44.1. The van der Waals surface area contributed by atoms with E-state index < -0.39 is 4.92 Å². The Morgan fingerprint density at radius 2 is 1.85 bits per heavy atom. The Kier molecular flexibility index (Phi) is 5.48. The second kappa shape index (κ2) is 8.49. The van der Waals surface area contributed by atoms with Crippen molar-refractivity contribution in [1.82, 2.24) is 9.55 Å². The van der Waals surface area contributed by atoms with E-state index in [4.69, 9.17) is 4.98 Å². The number of halogens is 1. The van der Waals surface area contributed by atoms with Gasteiger partial charge in [0.25, 0.3) is 17.2 Å². The lowest BCUT2D eigenvalue weighted by Gasteiger charge is -2.14. The van der Waals surface area contributed by atoms with Gasteiger partial charge in [0.2, 0.25) is 0 Å². The zero-order valence-electron chi connectivity index (χ0n) is 17.9. The number of benzene rings is 3. The van der Waals surface area contributed by atoms with E-state index in [0.717, 1.165) is 14.8 Å². The van der Waals surface area contributed by atoms with Gasteiger partial charge in [0.05, 0.1) is 32.8 Å². The lowest BCUT2D eigenvalue weighted by molar-refractivity contribution is -0.384. The monoisotopic (exact) mass is 564 g/mol. The number of fused-ring (bicyclic) bond motifs is 2. The van der Waals surface area contributed by atoms with Crippen LogP contribution < -0.4 is 10.5 Å². The molecule has 0 aliphatic carbocycles. The number of nitrogens with zero attached hydrogens (tertiary/aromatic N) is 4. The first kappa shape index (κ1) is 22.0. The third-order valence-corrected chi connectivity index (χ3v) is 6.38. The van der Waals surface area contributed by atoms with Crippen LogP contribution in [0.25, 0.3) is 28.2 Å². The van der Waals surface area contributed by atoms with E-state index in [1.807, 2.05) is 37.3 Å². The minimum Gasteiger partial charge on any atom is -0.308 e. The van der Waals surface area contributed by atoms with Gasteiger partial charge in [-0.25, -0.2) is 4.98 Å². The summed E-state index contributed by atoms with van der Waals surface area (Å²) >= 11 is 2.12. The van der Waals surface area contributed by atoms with Crippen molar-refractivity contribution in [1.29, 1.82) is 0 Å². The predicted octanol–water partition coefficient (Wildman–Crippen LogP) is 4.81. The molecule has 2 heterocycles. The number of amides is 1. The van der Waals surface area contributed by atoms with Gasteiger partial charge < -0.3 is 4.90 Å². The van der Waals surface area contributed by atoms with Gasteiger partial charge in [0.1, 0.15) is 5.82 Å². The van der Waals surface area contributed by atoms with Crippen LogP contribution in [0.2, 0.25) is 0 Å². The number of rotatable bonds is 4. The number of carbonyl (C=O) groups excluding carboxylic acids is 1. The van der Waals surface area contributed by atoms with E-state index in [1.165, 1.54) is 22.8 Å². The molecule has 4 aromatic rings. The second-order valence-corrected chi connectivity index (χ2v) is 8.92. The average molecular weight is 564 g/mol. The highest BCUT2D eigenvalue weighted by Gasteiger charge is 2.31. The van der Waals surface area contributed by atoms with Gasteiger partial charge in [0, 0.05) is 27.8 Å². The van der Waals surface area contributed by atoms with Crippen molar-refractivity contribution in [2.75, 3.05) is 11.4 Å². The Morgan fingerprint density at radius 1 is 1.06 bits per heavy atom. The lowest BCUT2D eigenvalue weighted by atomic mass is 10.1. The number of hydrogen-bond donors (Lipinski definition) is 0. The molecule has 1 aliphatic heterocycles. The molecule has 0 bridgehead atoms. The number of nitro groups is 1. The van der Waals surface area contributed by atoms with Gasteiger partial charge in [-0.3, -0.25) is 24.3 Å². The number of likely N-dealkylation sites (N-methyl/N-ethyl adjacent to an activating group) is 1. The Bertz CT molecular complexity index is 1590. The van der Waals surface area contributed by atoms with Crippen molar-refractivity contribution in [3.05, 3.63) is 102 Å². The summed E-state index contributed by atoms with van der Waals surface area (Å²) in [6.45, 7) is 2.39. The van der Waals surface area contributed by atoms with Crippen LogP contribution in [0.3, 0.4) is 0 Å². The summed E-state index contributed by atoms with van der Waals surface area (Å²) in [5.74, 6) is 0.0292. The van der Waals surface area contributed by atoms with Crippen LogP contribution in [0.4, 0.5) is 11.4 Å². The molecule has 1 aliphatic rings. The van der Waals surface area contributed by atoms with E-state index in [1.54, 1.807) is 29.2 Å². The maximum Gasteiger partial charge on any atom is 0.271 e. The first-order chi connectivity index (χ1) is 16.4. The molecule has 0 radical (unpaired) electrons. The van der Waals surface area contributed by atoms with E-state index in [9.17, 15) is 19.7 Å². The van der Waals surface area contributed by atoms with Crippen LogP contribution in [0, 0.1) is 13.7 Å². The molecule has 0 N–H and O–H groups in total. The molecular weight excluding hydrogens is 547 g/mol. The number of nitro benzene ring substituents is 1. The molecule has 0 saturated heterocycles. The number of aromatic nitrogens is 2. The van der Waals surface area contributed by atoms with Gasteiger partial charge >= 0.3 is 0 Å². The van der Waals surface area contributed by atoms with Gasteiger partial charge in [-0.05, 0) is 65.9 Å². The Balaban J connectivity index is 1.83. The largest absolute Gasteiger partial charge is 0.308 e. The Labute approximate surface area is 207 Å². The Morgan fingerprint density at radius 3 is 2.62 bits per heavy atom. The van der Waals surface area contributed by atoms with E-state index in [2.05, 4.69) is 22.6 Å². The minimum atomic E-state index is -0.514. The van der Waals surface area contributed by atoms with Crippen LogP contribution in [0.5, 0.6) is 0 Å². The smallest absolute Gasteiger partial charge is 0.271 e. The van der Waals surface area contributed by atoms with Crippen molar-refractivity contribution in [3.8, 4) is 5.69 Å². The normalized spacial score (nSPS) is 14.1. The second-order valence-electron chi connectivity index (χ2n) is 7.67. The average Bonchev–Trinajstić information content (AvgIpc) is 3.10. The standard InChI is InChI=1S/C25H17IN4O4/c1-2-28-22-9-4-3-8-18(22)19(24(28)31)14-23-27-21-11-10-15(26)12-20(21)25(32)29(23)16-6-5-7-17(13-16)30(33)34/h3-14H,2H2,1H3.